The Morgan fingerprint density at radius 2 is 1.78 bits per heavy atom. The Morgan fingerprint density at radius 3 is 2.56 bits per heavy atom. The van der Waals surface area contributed by atoms with Gasteiger partial charge in [0.1, 0.15) is 17.4 Å². The summed E-state index contributed by atoms with van der Waals surface area (Å²) in [5, 5.41) is 19.6. The van der Waals surface area contributed by atoms with Gasteiger partial charge < -0.3 is 14.6 Å². The normalized spacial score (nSPS) is 13.9. The molecular weight excluding hydrogens is 448 g/mol. The highest BCUT2D eigenvalue weighted by molar-refractivity contribution is 5.84. The van der Waals surface area contributed by atoms with Gasteiger partial charge in [-0.05, 0) is 86.0 Å². The van der Waals surface area contributed by atoms with Gasteiger partial charge >= 0.3 is 0 Å². The first-order chi connectivity index (χ1) is 17.7. The first-order valence-electron chi connectivity index (χ1n) is 12.3. The first-order valence-corrected chi connectivity index (χ1v) is 12.3. The molecule has 180 valence electrons. The van der Waals surface area contributed by atoms with Crippen LogP contribution in [0.15, 0.2) is 67.0 Å². The third-order valence-corrected chi connectivity index (χ3v) is 6.75. The summed E-state index contributed by atoms with van der Waals surface area (Å²) in [5.74, 6) is 1.00. The number of piperazine rings is 1. The van der Waals surface area contributed by atoms with Gasteiger partial charge in [0.25, 0.3) is 0 Å². The molecule has 0 spiro atoms. The summed E-state index contributed by atoms with van der Waals surface area (Å²) < 4.78 is 5.80. The van der Waals surface area contributed by atoms with Crippen LogP contribution in [0.3, 0.4) is 0 Å². The molecule has 0 aliphatic carbocycles. The van der Waals surface area contributed by atoms with Crippen LogP contribution in [-0.4, -0.2) is 47.6 Å². The summed E-state index contributed by atoms with van der Waals surface area (Å²) in [7, 11) is 0. The standard InChI is InChI=1S/C29H28N6O/c30-19-22-6-11-28-27(18-22)24(21-33-28)4-1-2-13-34-14-16-35(17-15-34)25-7-9-26(10-8-25)36-29-23(20-31)5-3-12-32-29/h3,5-12,18,21,33H,1-2,4,13-17H2. The fourth-order valence-corrected chi connectivity index (χ4v) is 4.73. The van der Waals surface area contributed by atoms with Gasteiger partial charge in [-0.25, -0.2) is 4.98 Å². The molecule has 1 aliphatic rings. The van der Waals surface area contributed by atoms with Crippen molar-refractivity contribution in [3.8, 4) is 23.8 Å². The average molecular weight is 477 g/mol. The summed E-state index contributed by atoms with van der Waals surface area (Å²) in [4.78, 5) is 12.4. The average Bonchev–Trinajstić information content (AvgIpc) is 3.34. The molecule has 0 bridgehead atoms. The molecule has 0 amide bonds. The zero-order valence-corrected chi connectivity index (χ0v) is 20.2. The van der Waals surface area contributed by atoms with Crippen LogP contribution in [0.2, 0.25) is 0 Å². The Morgan fingerprint density at radius 1 is 0.944 bits per heavy atom. The maximum atomic E-state index is 9.21. The van der Waals surface area contributed by atoms with Crippen molar-refractivity contribution in [1.82, 2.24) is 14.9 Å². The number of aromatic nitrogens is 2. The number of anilines is 1. The second-order valence-corrected chi connectivity index (χ2v) is 9.04. The van der Waals surface area contributed by atoms with Crippen molar-refractivity contribution in [3.05, 3.63) is 83.7 Å². The van der Waals surface area contributed by atoms with E-state index in [0.717, 1.165) is 57.5 Å². The number of benzene rings is 2. The van der Waals surface area contributed by atoms with Gasteiger partial charge in [-0.2, -0.15) is 10.5 Å². The van der Waals surface area contributed by atoms with Crippen LogP contribution in [0.1, 0.15) is 29.5 Å². The number of fused-ring (bicyclic) bond motifs is 1. The summed E-state index contributed by atoms with van der Waals surface area (Å²) in [6.45, 7) is 5.21. The van der Waals surface area contributed by atoms with E-state index in [1.165, 1.54) is 16.6 Å². The molecule has 0 atom stereocenters. The minimum atomic E-state index is 0.331. The van der Waals surface area contributed by atoms with Crippen molar-refractivity contribution < 1.29 is 4.74 Å². The van der Waals surface area contributed by atoms with Gasteiger partial charge in [0.05, 0.1) is 11.6 Å². The lowest BCUT2D eigenvalue weighted by atomic mass is 10.1. The minimum Gasteiger partial charge on any atom is -0.438 e. The van der Waals surface area contributed by atoms with E-state index in [2.05, 4.69) is 50.2 Å². The number of pyridine rings is 1. The van der Waals surface area contributed by atoms with Crippen molar-refractivity contribution in [1.29, 1.82) is 10.5 Å². The second-order valence-electron chi connectivity index (χ2n) is 9.04. The fourth-order valence-electron chi connectivity index (χ4n) is 4.73. The fraction of sp³-hybridized carbons (Fsp3) is 0.276. The summed E-state index contributed by atoms with van der Waals surface area (Å²) in [6.07, 6.45) is 7.03. The molecule has 7 nitrogen and oxygen atoms in total. The van der Waals surface area contributed by atoms with Crippen LogP contribution in [0.4, 0.5) is 5.69 Å². The van der Waals surface area contributed by atoms with Crippen LogP contribution in [0.5, 0.6) is 11.6 Å². The zero-order valence-electron chi connectivity index (χ0n) is 20.2. The van der Waals surface area contributed by atoms with E-state index >= 15 is 0 Å². The summed E-state index contributed by atoms with van der Waals surface area (Å²) in [5.41, 5.74) is 4.71. The van der Waals surface area contributed by atoms with E-state index in [4.69, 9.17) is 4.74 Å². The number of hydrogen-bond donors (Lipinski definition) is 1. The van der Waals surface area contributed by atoms with Crippen LogP contribution in [0, 0.1) is 22.7 Å². The third-order valence-electron chi connectivity index (χ3n) is 6.75. The number of hydrogen-bond acceptors (Lipinski definition) is 6. The Hall–Kier alpha value is -4.33. The first kappa shape index (κ1) is 23.4. The Balaban J connectivity index is 1.07. The number of nitrogens with one attached hydrogen (secondary N) is 1. The highest BCUT2D eigenvalue weighted by Gasteiger charge is 2.17. The molecule has 1 N–H and O–H groups in total. The van der Waals surface area contributed by atoms with Gasteiger partial charge in [-0.1, -0.05) is 0 Å². The zero-order chi connectivity index (χ0) is 24.7. The highest BCUT2D eigenvalue weighted by Crippen LogP contribution is 2.26. The molecular formula is C29H28N6O. The van der Waals surface area contributed by atoms with E-state index in [1.807, 2.05) is 30.3 Å². The number of aromatic amines is 1. The Bertz CT molecular complexity index is 1400. The van der Waals surface area contributed by atoms with E-state index < -0.39 is 0 Å². The number of aryl methyl sites for hydroxylation is 1. The lowest BCUT2D eigenvalue weighted by Crippen LogP contribution is -2.46. The van der Waals surface area contributed by atoms with E-state index in [0.29, 0.717) is 22.8 Å². The molecule has 0 radical (unpaired) electrons. The van der Waals surface area contributed by atoms with Crippen molar-refractivity contribution in [2.24, 2.45) is 0 Å². The van der Waals surface area contributed by atoms with Crippen molar-refractivity contribution in [3.63, 3.8) is 0 Å². The smallest absolute Gasteiger partial charge is 0.237 e. The predicted octanol–water partition coefficient (Wildman–Crippen LogP) is 5.24. The van der Waals surface area contributed by atoms with E-state index in [-0.39, 0.29) is 0 Å². The number of nitrogens with zero attached hydrogens (tertiary/aromatic N) is 5. The number of H-pyrrole nitrogens is 1. The molecule has 2 aromatic heterocycles. The summed E-state index contributed by atoms with van der Waals surface area (Å²) in [6, 6.07) is 21.6. The molecule has 4 aromatic rings. The SMILES string of the molecule is N#Cc1ccc2[nH]cc(CCCCN3CCN(c4ccc(Oc5ncccc5C#N)cc4)CC3)c2c1. The molecule has 7 heteroatoms. The second kappa shape index (κ2) is 10.9. The van der Waals surface area contributed by atoms with Crippen molar-refractivity contribution in [2.75, 3.05) is 37.6 Å². The number of nitriles is 2. The highest BCUT2D eigenvalue weighted by atomic mass is 16.5. The van der Waals surface area contributed by atoms with Crippen LogP contribution < -0.4 is 9.64 Å². The van der Waals surface area contributed by atoms with Gasteiger partial charge in [-0.15, -0.1) is 0 Å². The van der Waals surface area contributed by atoms with Gasteiger partial charge in [0, 0.05) is 55.2 Å². The topological polar surface area (TPSA) is 92.0 Å². The summed E-state index contributed by atoms with van der Waals surface area (Å²) >= 11 is 0. The van der Waals surface area contributed by atoms with Crippen molar-refractivity contribution >= 4 is 16.6 Å². The van der Waals surface area contributed by atoms with E-state index in [1.54, 1.807) is 18.3 Å². The predicted molar refractivity (Wildman–Crippen MR) is 140 cm³/mol. The van der Waals surface area contributed by atoms with Crippen molar-refractivity contribution in [2.45, 2.75) is 19.3 Å². The van der Waals surface area contributed by atoms with Crippen LogP contribution in [-0.2, 0) is 6.42 Å². The maximum Gasteiger partial charge on any atom is 0.237 e. The molecule has 1 aliphatic heterocycles. The molecule has 36 heavy (non-hydrogen) atoms. The number of rotatable bonds is 8. The van der Waals surface area contributed by atoms with Gasteiger partial charge in [0.15, 0.2) is 0 Å². The third kappa shape index (κ3) is 5.33. The molecule has 1 saturated heterocycles. The lowest BCUT2D eigenvalue weighted by Gasteiger charge is -2.36. The van der Waals surface area contributed by atoms with E-state index in [9.17, 15) is 10.5 Å². The monoisotopic (exact) mass is 476 g/mol. The Kier molecular flexibility index (Phi) is 7.12. The quantitative estimate of drug-likeness (QED) is 0.350. The van der Waals surface area contributed by atoms with Gasteiger partial charge in [-0.3, -0.25) is 4.90 Å². The molecule has 0 saturated carbocycles. The lowest BCUT2D eigenvalue weighted by molar-refractivity contribution is 0.253. The van der Waals surface area contributed by atoms with Crippen LogP contribution >= 0.6 is 0 Å². The minimum absolute atomic E-state index is 0.331. The van der Waals surface area contributed by atoms with Crippen LogP contribution in [0.25, 0.3) is 10.9 Å². The molecule has 2 aromatic carbocycles. The number of ether oxygens (including phenoxy) is 1. The number of unbranched alkanes of at least 4 members (excludes halogenated alkanes) is 1. The Labute approximate surface area is 211 Å². The van der Waals surface area contributed by atoms with Gasteiger partial charge in [0.2, 0.25) is 5.88 Å². The largest absolute Gasteiger partial charge is 0.438 e. The molecule has 5 rings (SSSR count). The molecule has 3 heterocycles. The molecule has 0 unspecified atom stereocenters. The molecule has 1 fully saturated rings. The maximum absolute atomic E-state index is 9.21.